The highest BCUT2D eigenvalue weighted by Crippen LogP contribution is 2.23. The standard InChI is InChI=1S/C16H30N2O2/c1-11(2)8-17(9-12(3)4)16(20)14-7-15(19)18(10-14)13(5)6/h11-14H,7-10H2,1-6H3/t14-/m0/s1. The summed E-state index contributed by atoms with van der Waals surface area (Å²) in [6.45, 7) is 14.7. The molecule has 0 aromatic heterocycles. The lowest BCUT2D eigenvalue weighted by atomic mass is 10.0. The van der Waals surface area contributed by atoms with E-state index in [1.54, 1.807) is 0 Å². The Kier molecular flexibility index (Phi) is 6.03. The molecule has 1 heterocycles. The Morgan fingerprint density at radius 1 is 1.15 bits per heavy atom. The first-order chi connectivity index (χ1) is 9.22. The first-order valence-electron chi connectivity index (χ1n) is 7.80. The average Bonchev–Trinajstić information content (AvgIpc) is 2.68. The van der Waals surface area contributed by atoms with Crippen molar-refractivity contribution < 1.29 is 9.59 Å². The molecule has 0 spiro atoms. The third-order valence-corrected chi connectivity index (χ3v) is 3.61. The van der Waals surface area contributed by atoms with Crippen molar-refractivity contribution in [2.45, 2.75) is 54.0 Å². The van der Waals surface area contributed by atoms with Gasteiger partial charge in [-0.05, 0) is 25.7 Å². The van der Waals surface area contributed by atoms with E-state index in [4.69, 9.17) is 0 Å². The van der Waals surface area contributed by atoms with Crippen LogP contribution in [0.15, 0.2) is 0 Å². The second-order valence-electron chi connectivity index (χ2n) is 7.07. The minimum atomic E-state index is -0.151. The molecular formula is C16H30N2O2. The maximum absolute atomic E-state index is 12.7. The molecule has 0 N–H and O–H groups in total. The summed E-state index contributed by atoms with van der Waals surface area (Å²) < 4.78 is 0. The summed E-state index contributed by atoms with van der Waals surface area (Å²) in [6.07, 6.45) is 0.379. The van der Waals surface area contributed by atoms with Crippen LogP contribution in [0.25, 0.3) is 0 Å². The zero-order valence-corrected chi connectivity index (χ0v) is 13.8. The Labute approximate surface area is 123 Å². The van der Waals surface area contributed by atoms with Crippen molar-refractivity contribution in [3.63, 3.8) is 0 Å². The Morgan fingerprint density at radius 3 is 2.00 bits per heavy atom. The summed E-state index contributed by atoms with van der Waals surface area (Å²) in [7, 11) is 0. The van der Waals surface area contributed by atoms with Gasteiger partial charge in [-0.2, -0.15) is 0 Å². The van der Waals surface area contributed by atoms with Crippen molar-refractivity contribution in [1.82, 2.24) is 9.80 Å². The molecule has 4 nitrogen and oxygen atoms in total. The lowest BCUT2D eigenvalue weighted by Gasteiger charge is -2.29. The normalized spacial score (nSPS) is 19.6. The van der Waals surface area contributed by atoms with Gasteiger partial charge in [0.1, 0.15) is 0 Å². The molecule has 4 heteroatoms. The van der Waals surface area contributed by atoms with Crippen LogP contribution in [0.2, 0.25) is 0 Å². The second kappa shape index (κ2) is 7.09. The predicted molar refractivity (Wildman–Crippen MR) is 81.2 cm³/mol. The maximum atomic E-state index is 12.7. The highest BCUT2D eigenvalue weighted by Gasteiger charge is 2.37. The minimum absolute atomic E-state index is 0.118. The van der Waals surface area contributed by atoms with Crippen molar-refractivity contribution in [2.75, 3.05) is 19.6 Å². The van der Waals surface area contributed by atoms with E-state index < -0.39 is 0 Å². The van der Waals surface area contributed by atoms with Gasteiger partial charge in [0, 0.05) is 32.1 Å². The Hall–Kier alpha value is -1.06. The summed E-state index contributed by atoms with van der Waals surface area (Å²) in [6, 6.07) is 0.184. The van der Waals surface area contributed by atoms with Gasteiger partial charge < -0.3 is 9.80 Å². The lowest BCUT2D eigenvalue weighted by Crippen LogP contribution is -2.42. The number of nitrogens with zero attached hydrogens (tertiary/aromatic N) is 2. The van der Waals surface area contributed by atoms with Gasteiger partial charge in [0.05, 0.1) is 5.92 Å². The number of hydrogen-bond acceptors (Lipinski definition) is 2. The SMILES string of the molecule is CC(C)CN(CC(C)C)C(=O)[C@H]1CC(=O)N(C(C)C)C1. The molecule has 2 amide bonds. The first kappa shape index (κ1) is 17.0. The van der Waals surface area contributed by atoms with E-state index in [0.29, 0.717) is 24.8 Å². The molecule has 0 aromatic carbocycles. The van der Waals surface area contributed by atoms with Crippen LogP contribution in [0.4, 0.5) is 0 Å². The van der Waals surface area contributed by atoms with Crippen molar-refractivity contribution in [3.8, 4) is 0 Å². The summed E-state index contributed by atoms with van der Waals surface area (Å²) in [5.41, 5.74) is 0. The van der Waals surface area contributed by atoms with Crippen LogP contribution in [-0.2, 0) is 9.59 Å². The largest absolute Gasteiger partial charge is 0.342 e. The van der Waals surface area contributed by atoms with E-state index >= 15 is 0 Å². The molecule has 1 rings (SSSR count). The van der Waals surface area contributed by atoms with Gasteiger partial charge in [-0.3, -0.25) is 9.59 Å². The molecule has 0 unspecified atom stereocenters. The van der Waals surface area contributed by atoms with Crippen molar-refractivity contribution >= 4 is 11.8 Å². The van der Waals surface area contributed by atoms with E-state index in [9.17, 15) is 9.59 Å². The van der Waals surface area contributed by atoms with Crippen molar-refractivity contribution in [1.29, 1.82) is 0 Å². The van der Waals surface area contributed by atoms with Crippen LogP contribution >= 0.6 is 0 Å². The third kappa shape index (κ3) is 4.50. The molecule has 1 fully saturated rings. The molecule has 0 bridgehead atoms. The van der Waals surface area contributed by atoms with Crippen molar-refractivity contribution in [2.24, 2.45) is 17.8 Å². The van der Waals surface area contributed by atoms with Crippen LogP contribution in [0, 0.1) is 17.8 Å². The third-order valence-electron chi connectivity index (χ3n) is 3.61. The molecule has 1 aliphatic heterocycles. The number of carbonyl (C=O) groups is 2. The monoisotopic (exact) mass is 282 g/mol. The highest BCUT2D eigenvalue weighted by atomic mass is 16.2. The van der Waals surface area contributed by atoms with E-state index in [0.717, 1.165) is 13.1 Å². The van der Waals surface area contributed by atoms with E-state index in [2.05, 4.69) is 27.7 Å². The molecule has 0 aliphatic carbocycles. The van der Waals surface area contributed by atoms with Crippen LogP contribution < -0.4 is 0 Å². The van der Waals surface area contributed by atoms with E-state index in [-0.39, 0.29) is 23.8 Å². The summed E-state index contributed by atoms with van der Waals surface area (Å²) in [5.74, 6) is 1.03. The number of hydrogen-bond donors (Lipinski definition) is 0. The zero-order valence-electron chi connectivity index (χ0n) is 13.8. The predicted octanol–water partition coefficient (Wildman–Crippen LogP) is 2.38. The van der Waals surface area contributed by atoms with E-state index in [1.165, 1.54) is 0 Å². The number of amides is 2. The second-order valence-corrected chi connectivity index (χ2v) is 7.07. The lowest BCUT2D eigenvalue weighted by molar-refractivity contribution is -0.136. The number of carbonyl (C=O) groups excluding carboxylic acids is 2. The molecule has 1 aliphatic rings. The fraction of sp³-hybridized carbons (Fsp3) is 0.875. The molecule has 0 aromatic rings. The fourth-order valence-electron chi connectivity index (χ4n) is 2.79. The Morgan fingerprint density at radius 2 is 1.65 bits per heavy atom. The molecule has 1 atom stereocenters. The van der Waals surface area contributed by atoms with Crippen LogP contribution in [-0.4, -0.2) is 47.3 Å². The van der Waals surface area contributed by atoms with Gasteiger partial charge >= 0.3 is 0 Å². The van der Waals surface area contributed by atoms with Crippen molar-refractivity contribution in [3.05, 3.63) is 0 Å². The van der Waals surface area contributed by atoms with Gasteiger partial charge in [-0.1, -0.05) is 27.7 Å². The first-order valence-corrected chi connectivity index (χ1v) is 7.80. The van der Waals surface area contributed by atoms with Gasteiger partial charge in [0.25, 0.3) is 0 Å². The molecular weight excluding hydrogens is 252 g/mol. The quantitative estimate of drug-likeness (QED) is 0.750. The Balaban J connectivity index is 2.72. The highest BCUT2D eigenvalue weighted by molar-refractivity contribution is 5.89. The van der Waals surface area contributed by atoms with Gasteiger partial charge in [0.15, 0.2) is 0 Å². The van der Waals surface area contributed by atoms with E-state index in [1.807, 2.05) is 23.6 Å². The van der Waals surface area contributed by atoms with Crippen LogP contribution in [0.5, 0.6) is 0 Å². The number of rotatable bonds is 6. The zero-order chi connectivity index (χ0) is 15.4. The van der Waals surface area contributed by atoms with Gasteiger partial charge in [0.2, 0.25) is 11.8 Å². The number of likely N-dealkylation sites (tertiary alicyclic amines) is 1. The minimum Gasteiger partial charge on any atom is -0.342 e. The van der Waals surface area contributed by atoms with Crippen LogP contribution in [0.1, 0.15) is 48.0 Å². The van der Waals surface area contributed by atoms with Gasteiger partial charge in [-0.25, -0.2) is 0 Å². The Bertz CT molecular complexity index is 340. The van der Waals surface area contributed by atoms with Gasteiger partial charge in [-0.15, -0.1) is 0 Å². The maximum Gasteiger partial charge on any atom is 0.228 e. The fourth-order valence-corrected chi connectivity index (χ4v) is 2.79. The molecule has 0 radical (unpaired) electrons. The molecule has 20 heavy (non-hydrogen) atoms. The average molecular weight is 282 g/mol. The molecule has 116 valence electrons. The topological polar surface area (TPSA) is 40.6 Å². The smallest absolute Gasteiger partial charge is 0.228 e. The summed E-state index contributed by atoms with van der Waals surface area (Å²) in [4.78, 5) is 28.4. The summed E-state index contributed by atoms with van der Waals surface area (Å²) >= 11 is 0. The van der Waals surface area contributed by atoms with Crippen LogP contribution in [0.3, 0.4) is 0 Å². The molecule has 1 saturated heterocycles. The summed E-state index contributed by atoms with van der Waals surface area (Å²) in [5, 5.41) is 0. The molecule has 0 saturated carbocycles.